The van der Waals surface area contributed by atoms with Crippen LogP contribution in [0, 0.1) is 12.8 Å². The summed E-state index contributed by atoms with van der Waals surface area (Å²) < 4.78 is 0. The number of nitrogens with zero attached hydrogens (tertiary/aromatic N) is 2. The predicted molar refractivity (Wildman–Crippen MR) is 91.9 cm³/mol. The second-order valence-corrected chi connectivity index (χ2v) is 8.30. The van der Waals surface area contributed by atoms with E-state index in [4.69, 9.17) is 9.97 Å². The van der Waals surface area contributed by atoms with Gasteiger partial charge in [0.2, 0.25) is 0 Å². The van der Waals surface area contributed by atoms with E-state index in [0.717, 1.165) is 42.6 Å². The molecule has 0 saturated carbocycles. The third-order valence-electron chi connectivity index (χ3n) is 3.98. The molecule has 118 valence electrons. The zero-order valence-corrected chi connectivity index (χ0v) is 14.9. The van der Waals surface area contributed by atoms with Gasteiger partial charge in [0, 0.05) is 16.9 Å². The maximum Gasteiger partial charge on any atom is 0.138 e. The van der Waals surface area contributed by atoms with Crippen LogP contribution in [0.25, 0.3) is 0 Å². The maximum absolute atomic E-state index is 4.80. The molecule has 0 amide bonds. The van der Waals surface area contributed by atoms with Gasteiger partial charge in [-0.1, -0.05) is 6.92 Å². The topological polar surface area (TPSA) is 37.8 Å². The van der Waals surface area contributed by atoms with E-state index in [2.05, 4.69) is 39.9 Å². The summed E-state index contributed by atoms with van der Waals surface area (Å²) >= 11 is 1.90. The highest BCUT2D eigenvalue weighted by molar-refractivity contribution is 7.98. The molecule has 0 aliphatic heterocycles. The van der Waals surface area contributed by atoms with Gasteiger partial charge in [-0.15, -0.1) is 0 Å². The summed E-state index contributed by atoms with van der Waals surface area (Å²) in [5.74, 6) is 3.80. The van der Waals surface area contributed by atoms with Crippen molar-refractivity contribution in [3.05, 3.63) is 22.8 Å². The summed E-state index contributed by atoms with van der Waals surface area (Å²) in [5.41, 5.74) is 4.12. The van der Waals surface area contributed by atoms with Crippen LogP contribution in [0.5, 0.6) is 0 Å². The Morgan fingerprint density at radius 2 is 2.05 bits per heavy atom. The Morgan fingerprint density at radius 1 is 1.29 bits per heavy atom. The average Bonchev–Trinajstić information content (AvgIpc) is 2.42. The molecule has 2 rings (SSSR count). The van der Waals surface area contributed by atoms with Crippen LogP contribution in [-0.2, 0) is 18.6 Å². The van der Waals surface area contributed by atoms with Crippen molar-refractivity contribution in [3.8, 4) is 0 Å². The van der Waals surface area contributed by atoms with Crippen molar-refractivity contribution in [1.82, 2.24) is 15.3 Å². The van der Waals surface area contributed by atoms with Gasteiger partial charge < -0.3 is 5.32 Å². The zero-order valence-electron chi connectivity index (χ0n) is 14.1. The summed E-state index contributed by atoms with van der Waals surface area (Å²) in [6.45, 7) is 12.1. The van der Waals surface area contributed by atoms with Crippen molar-refractivity contribution in [2.75, 3.05) is 12.3 Å². The Kier molecular flexibility index (Phi) is 5.67. The minimum absolute atomic E-state index is 0.201. The van der Waals surface area contributed by atoms with Crippen molar-refractivity contribution < 1.29 is 0 Å². The number of fused-ring (bicyclic) bond motifs is 1. The van der Waals surface area contributed by atoms with Crippen molar-refractivity contribution in [3.63, 3.8) is 0 Å². The van der Waals surface area contributed by atoms with Crippen LogP contribution in [0.15, 0.2) is 0 Å². The Bertz CT molecular complexity index is 480. The summed E-state index contributed by atoms with van der Waals surface area (Å²) in [6.07, 6.45) is 3.48. The predicted octanol–water partition coefficient (Wildman–Crippen LogP) is 3.53. The molecule has 0 saturated heterocycles. The van der Waals surface area contributed by atoms with Gasteiger partial charge in [-0.25, -0.2) is 9.97 Å². The zero-order chi connectivity index (χ0) is 15.5. The molecule has 3 nitrogen and oxygen atoms in total. The molecule has 4 heteroatoms. The van der Waals surface area contributed by atoms with E-state index < -0.39 is 0 Å². The third kappa shape index (κ3) is 4.96. The lowest BCUT2D eigenvalue weighted by atomic mass is 9.85. The molecule has 1 unspecified atom stereocenters. The highest BCUT2D eigenvalue weighted by atomic mass is 32.2. The van der Waals surface area contributed by atoms with Crippen LogP contribution in [0.4, 0.5) is 0 Å². The highest BCUT2D eigenvalue weighted by Gasteiger charge is 2.23. The molecule has 1 aliphatic carbocycles. The van der Waals surface area contributed by atoms with Gasteiger partial charge in [-0.05, 0) is 70.7 Å². The molecular weight excluding hydrogens is 278 g/mol. The van der Waals surface area contributed by atoms with E-state index >= 15 is 0 Å². The first-order valence-electron chi connectivity index (χ1n) is 8.07. The monoisotopic (exact) mass is 307 g/mol. The van der Waals surface area contributed by atoms with E-state index in [9.17, 15) is 0 Å². The van der Waals surface area contributed by atoms with E-state index in [0.29, 0.717) is 0 Å². The smallest absolute Gasteiger partial charge is 0.138 e. The lowest BCUT2D eigenvalue weighted by Crippen LogP contribution is -2.40. The minimum atomic E-state index is 0.201. The number of nitrogens with one attached hydrogen (secondary N) is 1. The Hall–Kier alpha value is -0.610. The molecule has 1 aromatic heterocycles. The van der Waals surface area contributed by atoms with Crippen LogP contribution < -0.4 is 5.32 Å². The normalized spacial score (nSPS) is 18.6. The van der Waals surface area contributed by atoms with Gasteiger partial charge in [-0.3, -0.25) is 0 Å². The van der Waals surface area contributed by atoms with Gasteiger partial charge in [0.25, 0.3) is 0 Å². The fourth-order valence-electron chi connectivity index (χ4n) is 2.80. The van der Waals surface area contributed by atoms with E-state index in [1.807, 2.05) is 11.8 Å². The molecule has 1 heterocycles. The second kappa shape index (κ2) is 7.10. The first-order valence-corrected chi connectivity index (χ1v) is 9.22. The average molecular weight is 308 g/mol. The van der Waals surface area contributed by atoms with Crippen molar-refractivity contribution in [2.24, 2.45) is 5.92 Å². The highest BCUT2D eigenvalue weighted by Crippen LogP contribution is 2.27. The Labute approximate surface area is 133 Å². The Balaban J connectivity index is 2.04. The van der Waals surface area contributed by atoms with Gasteiger partial charge in [0.1, 0.15) is 5.82 Å². The molecule has 1 aromatic rings. The fraction of sp³-hybridized carbons (Fsp3) is 0.765. The van der Waals surface area contributed by atoms with Gasteiger partial charge in [0.05, 0.1) is 5.75 Å². The summed E-state index contributed by atoms with van der Waals surface area (Å²) in [6, 6.07) is 0. The lowest BCUT2D eigenvalue weighted by Gasteiger charge is -2.29. The molecule has 0 fully saturated rings. The third-order valence-corrected chi connectivity index (χ3v) is 4.85. The van der Waals surface area contributed by atoms with Crippen molar-refractivity contribution in [1.29, 1.82) is 0 Å². The van der Waals surface area contributed by atoms with Gasteiger partial charge >= 0.3 is 0 Å². The number of aromatic nitrogens is 2. The number of aryl methyl sites for hydroxylation is 2. The molecule has 0 spiro atoms. The van der Waals surface area contributed by atoms with Gasteiger partial charge in [-0.2, -0.15) is 11.8 Å². The molecule has 21 heavy (non-hydrogen) atoms. The fourth-order valence-corrected chi connectivity index (χ4v) is 3.32. The Morgan fingerprint density at radius 3 is 2.71 bits per heavy atom. The molecule has 1 atom stereocenters. The molecule has 1 N–H and O–H groups in total. The summed E-state index contributed by atoms with van der Waals surface area (Å²) in [7, 11) is 0. The van der Waals surface area contributed by atoms with Crippen LogP contribution in [0.3, 0.4) is 0 Å². The summed E-state index contributed by atoms with van der Waals surface area (Å²) in [4.78, 5) is 9.52. The number of hydrogen-bond acceptors (Lipinski definition) is 4. The second-order valence-electron chi connectivity index (χ2n) is 7.03. The first kappa shape index (κ1) is 16.8. The van der Waals surface area contributed by atoms with Gasteiger partial charge in [0.15, 0.2) is 0 Å². The van der Waals surface area contributed by atoms with Crippen LogP contribution in [-0.4, -0.2) is 27.8 Å². The van der Waals surface area contributed by atoms with Crippen molar-refractivity contribution in [2.45, 2.75) is 65.2 Å². The minimum Gasteiger partial charge on any atom is -0.312 e. The largest absolute Gasteiger partial charge is 0.312 e. The molecular formula is C17H29N3S. The van der Waals surface area contributed by atoms with E-state index in [-0.39, 0.29) is 5.54 Å². The lowest BCUT2D eigenvalue weighted by molar-refractivity contribution is 0.346. The quantitative estimate of drug-likeness (QED) is 0.903. The van der Waals surface area contributed by atoms with E-state index in [1.54, 1.807) is 0 Å². The van der Waals surface area contributed by atoms with Crippen LogP contribution in [0.2, 0.25) is 0 Å². The number of hydrogen-bond donors (Lipinski definition) is 1. The van der Waals surface area contributed by atoms with E-state index in [1.165, 1.54) is 23.4 Å². The SMILES string of the molecule is CCSCc1nc(C)c2c(n1)CCC(CNC(C)(C)C)C2. The standard InChI is InChI=1S/C17H29N3S/c1-6-21-11-16-19-12(2)14-9-13(7-8-15(14)20-16)10-18-17(3,4)5/h13,18H,6-11H2,1-5H3. The maximum atomic E-state index is 4.80. The molecule has 0 radical (unpaired) electrons. The molecule has 1 aliphatic rings. The van der Waals surface area contributed by atoms with Crippen LogP contribution in [0.1, 0.15) is 56.9 Å². The van der Waals surface area contributed by atoms with Crippen LogP contribution >= 0.6 is 11.8 Å². The number of rotatable bonds is 5. The number of thioether (sulfide) groups is 1. The first-order chi connectivity index (χ1) is 9.89. The van der Waals surface area contributed by atoms with Crippen molar-refractivity contribution >= 4 is 11.8 Å². The summed E-state index contributed by atoms with van der Waals surface area (Å²) in [5, 5.41) is 3.64. The molecule has 0 bridgehead atoms. The molecule has 0 aromatic carbocycles.